The summed E-state index contributed by atoms with van der Waals surface area (Å²) in [6.45, 7) is 0. The van der Waals surface area contributed by atoms with E-state index < -0.39 is 18.1 Å². The molecule has 0 fully saturated rings. The molecule has 1 unspecified atom stereocenters. The second-order valence-electron chi connectivity index (χ2n) is 5.09. The molecular formula is C17H17Cl2NO3. The van der Waals surface area contributed by atoms with Crippen molar-refractivity contribution in [1.29, 1.82) is 0 Å². The second-order valence-corrected chi connectivity index (χ2v) is 5.75. The number of rotatable bonds is 6. The van der Waals surface area contributed by atoms with Crippen LogP contribution in [0.1, 0.15) is 5.56 Å². The molecule has 0 aliphatic carbocycles. The number of hydrogen-bond donors (Lipinski definition) is 2. The fraction of sp³-hybridized carbons (Fsp3) is 0.235. The summed E-state index contributed by atoms with van der Waals surface area (Å²) < 4.78 is 4.52. The van der Waals surface area contributed by atoms with E-state index in [1.165, 1.54) is 7.11 Å². The topological polar surface area (TPSA) is 58.6 Å². The first-order valence-electron chi connectivity index (χ1n) is 7.02. The number of halogens is 2. The summed E-state index contributed by atoms with van der Waals surface area (Å²) in [6.07, 6.45) is -0.944. The molecule has 4 nitrogen and oxygen atoms in total. The van der Waals surface area contributed by atoms with E-state index in [4.69, 9.17) is 23.4 Å². The van der Waals surface area contributed by atoms with Gasteiger partial charge in [-0.1, -0.05) is 48.0 Å². The van der Waals surface area contributed by atoms with Crippen LogP contribution in [0, 0.1) is 0 Å². The molecule has 2 N–H and O–H groups in total. The molecule has 0 heterocycles. The van der Waals surface area contributed by atoms with Gasteiger partial charge in [0.15, 0.2) is 6.10 Å². The molecule has 0 aliphatic rings. The van der Waals surface area contributed by atoms with E-state index in [9.17, 15) is 9.90 Å². The lowest BCUT2D eigenvalue weighted by atomic mass is 9.99. The summed E-state index contributed by atoms with van der Waals surface area (Å²) >= 11 is 11.6. The number of aliphatic hydroxyl groups excluding tert-OH is 1. The number of nitrogens with one attached hydrogen (secondary N) is 1. The van der Waals surface area contributed by atoms with Crippen LogP contribution in [0.5, 0.6) is 0 Å². The molecule has 2 atom stereocenters. The van der Waals surface area contributed by atoms with Gasteiger partial charge in [0.2, 0.25) is 0 Å². The summed E-state index contributed by atoms with van der Waals surface area (Å²) in [5, 5.41) is 10.5. The zero-order chi connectivity index (χ0) is 16.8. The second kappa shape index (κ2) is 8.31. The fourth-order valence-corrected chi connectivity index (χ4v) is 2.64. The van der Waals surface area contributed by atoms with E-state index in [1.54, 1.807) is 0 Å². The molecule has 2 rings (SSSR count). The largest absolute Gasteiger partial charge is 0.467 e. The van der Waals surface area contributed by atoms with Crippen LogP contribution in [0.15, 0.2) is 48.5 Å². The Hall–Kier alpha value is -1.59. The average molecular weight is 354 g/mol. The van der Waals surface area contributed by atoms with Gasteiger partial charge in [0, 0.05) is 5.02 Å². The molecule has 2 aromatic rings. The smallest absolute Gasteiger partial charge is 0.336 e. The van der Waals surface area contributed by atoms with Crippen molar-refractivity contribution in [3.05, 3.63) is 59.1 Å². The first-order valence-corrected chi connectivity index (χ1v) is 7.77. The average Bonchev–Trinajstić information content (AvgIpc) is 2.59. The van der Waals surface area contributed by atoms with Gasteiger partial charge >= 0.3 is 5.97 Å². The van der Waals surface area contributed by atoms with Gasteiger partial charge in [0.25, 0.3) is 0 Å². The predicted molar refractivity (Wildman–Crippen MR) is 91.4 cm³/mol. The Kier molecular flexibility index (Phi) is 6.42. The Bertz CT molecular complexity index is 661. The molecule has 0 aromatic heterocycles. The van der Waals surface area contributed by atoms with E-state index in [0.29, 0.717) is 11.4 Å². The minimum absolute atomic E-state index is 0.385. The minimum atomic E-state index is -1.33. The van der Waals surface area contributed by atoms with Crippen molar-refractivity contribution in [3.8, 4) is 11.1 Å². The Balaban J connectivity index is 2.11. The zero-order valence-electron chi connectivity index (χ0n) is 12.5. The fourth-order valence-electron chi connectivity index (χ4n) is 2.25. The molecule has 0 amide bonds. The van der Waals surface area contributed by atoms with Gasteiger partial charge in [0.1, 0.15) is 0 Å². The van der Waals surface area contributed by atoms with E-state index in [-0.39, 0.29) is 0 Å². The van der Waals surface area contributed by atoms with Crippen molar-refractivity contribution < 1.29 is 14.6 Å². The molecule has 0 saturated heterocycles. The van der Waals surface area contributed by atoms with Crippen molar-refractivity contribution in [2.75, 3.05) is 7.11 Å². The number of aliphatic hydroxyl groups is 1. The van der Waals surface area contributed by atoms with E-state index in [1.807, 2.05) is 48.5 Å². The number of carbonyl (C=O) groups excluding carboxylic acids is 1. The maximum atomic E-state index is 11.4. The highest BCUT2D eigenvalue weighted by atomic mass is 35.5. The molecular weight excluding hydrogens is 337 g/mol. The molecule has 2 aromatic carbocycles. The van der Waals surface area contributed by atoms with Gasteiger partial charge in [-0.05, 0) is 47.0 Å². The van der Waals surface area contributed by atoms with Gasteiger partial charge in [-0.2, -0.15) is 0 Å². The first kappa shape index (κ1) is 17.8. The van der Waals surface area contributed by atoms with Gasteiger partial charge in [-0.3, -0.25) is 0 Å². The molecule has 122 valence electrons. The Labute approximate surface area is 145 Å². The Morgan fingerprint density at radius 2 is 1.91 bits per heavy atom. The summed E-state index contributed by atoms with van der Waals surface area (Å²) in [5.41, 5.74) is 2.97. The monoisotopic (exact) mass is 353 g/mol. The third-order valence-electron chi connectivity index (χ3n) is 3.53. The van der Waals surface area contributed by atoms with E-state index >= 15 is 0 Å². The quantitative estimate of drug-likeness (QED) is 0.618. The Morgan fingerprint density at radius 1 is 1.22 bits per heavy atom. The number of hydrogen-bond acceptors (Lipinski definition) is 4. The lowest BCUT2D eigenvalue weighted by Gasteiger charge is -2.19. The summed E-state index contributed by atoms with van der Waals surface area (Å²) in [5.74, 6) is -0.723. The SMILES string of the molecule is COC(=O)C(O)[C@@H](Cc1ccc(-c2cccc(Cl)c2)cc1)NCl. The van der Waals surface area contributed by atoms with Crippen molar-refractivity contribution in [3.63, 3.8) is 0 Å². The normalized spacial score (nSPS) is 13.4. The maximum Gasteiger partial charge on any atom is 0.336 e. The highest BCUT2D eigenvalue weighted by Gasteiger charge is 2.26. The van der Waals surface area contributed by atoms with E-state index in [2.05, 4.69) is 9.57 Å². The maximum absolute atomic E-state index is 11.4. The van der Waals surface area contributed by atoms with Crippen molar-refractivity contribution >= 4 is 29.3 Å². The van der Waals surface area contributed by atoms with Crippen LogP contribution < -0.4 is 4.84 Å². The number of esters is 1. The van der Waals surface area contributed by atoms with Crippen LogP contribution in [0.2, 0.25) is 5.02 Å². The van der Waals surface area contributed by atoms with Crippen molar-refractivity contribution in [2.45, 2.75) is 18.6 Å². The first-order chi connectivity index (χ1) is 11.0. The van der Waals surface area contributed by atoms with Crippen molar-refractivity contribution in [2.24, 2.45) is 0 Å². The Morgan fingerprint density at radius 3 is 2.48 bits per heavy atom. The minimum Gasteiger partial charge on any atom is -0.467 e. The third-order valence-corrected chi connectivity index (χ3v) is 4.05. The highest BCUT2D eigenvalue weighted by molar-refractivity contribution is 6.30. The van der Waals surface area contributed by atoms with E-state index in [0.717, 1.165) is 16.7 Å². The van der Waals surface area contributed by atoms with Crippen LogP contribution >= 0.6 is 23.4 Å². The summed E-state index contributed by atoms with van der Waals surface area (Å²) in [4.78, 5) is 13.8. The molecule has 0 saturated carbocycles. The number of benzene rings is 2. The molecule has 0 spiro atoms. The third kappa shape index (κ3) is 4.69. The van der Waals surface area contributed by atoms with Gasteiger partial charge in [-0.15, -0.1) is 0 Å². The number of ether oxygens (including phenoxy) is 1. The van der Waals surface area contributed by atoms with Gasteiger partial charge < -0.3 is 9.84 Å². The molecule has 0 radical (unpaired) electrons. The van der Waals surface area contributed by atoms with Crippen LogP contribution in [0.25, 0.3) is 11.1 Å². The molecule has 0 aliphatic heterocycles. The molecule has 23 heavy (non-hydrogen) atoms. The van der Waals surface area contributed by atoms with Crippen LogP contribution in [-0.4, -0.2) is 30.3 Å². The summed E-state index contributed by atoms with van der Waals surface area (Å²) in [6, 6.07) is 14.7. The standard InChI is InChI=1S/C17H17Cl2NO3/c1-23-17(22)16(21)15(20-19)9-11-5-7-12(8-6-11)13-3-2-4-14(18)10-13/h2-8,10,15-16,20-21H,9H2,1H3/t15-,16?/m1/s1. The number of carbonyl (C=O) groups is 1. The van der Waals surface area contributed by atoms with Crippen LogP contribution in [0.3, 0.4) is 0 Å². The highest BCUT2D eigenvalue weighted by Crippen LogP contribution is 2.23. The lowest BCUT2D eigenvalue weighted by Crippen LogP contribution is -2.42. The number of methoxy groups -OCH3 is 1. The van der Waals surface area contributed by atoms with Crippen LogP contribution in [0.4, 0.5) is 0 Å². The van der Waals surface area contributed by atoms with Gasteiger partial charge in [0.05, 0.1) is 13.2 Å². The summed E-state index contributed by atoms with van der Waals surface area (Å²) in [7, 11) is 1.22. The molecule has 0 bridgehead atoms. The van der Waals surface area contributed by atoms with Crippen molar-refractivity contribution in [1.82, 2.24) is 4.84 Å². The zero-order valence-corrected chi connectivity index (χ0v) is 14.0. The lowest BCUT2D eigenvalue weighted by molar-refractivity contribution is -0.151. The van der Waals surface area contributed by atoms with Gasteiger partial charge in [-0.25, -0.2) is 9.63 Å². The predicted octanol–water partition coefficient (Wildman–Crippen LogP) is 3.20. The van der Waals surface area contributed by atoms with Crippen LogP contribution in [-0.2, 0) is 16.0 Å². The molecule has 6 heteroatoms.